The Kier molecular flexibility index (Phi) is 3.05. The van der Waals surface area contributed by atoms with Gasteiger partial charge in [0.1, 0.15) is 5.15 Å². The average molecular weight is 249 g/mol. The van der Waals surface area contributed by atoms with Crippen molar-refractivity contribution in [2.75, 3.05) is 0 Å². The first-order valence-electron chi connectivity index (χ1n) is 2.80. The first-order valence-corrected chi connectivity index (χ1v) is 4.31. The number of halogens is 5. The molecule has 1 heterocycles. The van der Waals surface area contributed by atoms with Gasteiger partial charge in [0.05, 0.1) is 5.02 Å². The van der Waals surface area contributed by atoms with Gasteiger partial charge in [-0.15, -0.1) is 0 Å². The number of hydrogen-bond donors (Lipinski definition) is 0. The van der Waals surface area contributed by atoms with Crippen LogP contribution in [0.5, 0.6) is 0 Å². The quantitative estimate of drug-likeness (QED) is 0.542. The van der Waals surface area contributed by atoms with Crippen molar-refractivity contribution >= 4 is 46.4 Å². The van der Waals surface area contributed by atoms with E-state index >= 15 is 0 Å². The molecular weight excluding hydrogens is 247 g/mol. The van der Waals surface area contributed by atoms with E-state index in [1.165, 1.54) is 12.3 Å². The van der Waals surface area contributed by atoms with Crippen molar-refractivity contribution < 1.29 is 4.39 Å². The Morgan fingerprint density at radius 2 is 1.92 bits per heavy atom. The third kappa shape index (κ3) is 2.13. The van der Waals surface area contributed by atoms with Crippen molar-refractivity contribution in [2.24, 2.45) is 0 Å². The minimum Gasteiger partial charge on any atom is -0.243 e. The Balaban J connectivity index is 3.26. The van der Waals surface area contributed by atoms with E-state index in [0.717, 1.165) is 0 Å². The van der Waals surface area contributed by atoms with E-state index in [0.29, 0.717) is 0 Å². The smallest absolute Gasteiger partial charge is 0.243 e. The first-order chi connectivity index (χ1) is 5.43. The van der Waals surface area contributed by atoms with Gasteiger partial charge in [-0.25, -0.2) is 9.37 Å². The number of nitrogens with zero attached hydrogens (tertiary/aromatic N) is 1. The molecular formula is C6H2Cl4FN. The van der Waals surface area contributed by atoms with Crippen LogP contribution in [-0.2, 0) is 4.59 Å². The maximum atomic E-state index is 12.9. The number of rotatable bonds is 1. The van der Waals surface area contributed by atoms with Crippen molar-refractivity contribution in [1.29, 1.82) is 0 Å². The van der Waals surface area contributed by atoms with Gasteiger partial charge in [0.15, 0.2) is 0 Å². The zero-order chi connectivity index (χ0) is 9.35. The van der Waals surface area contributed by atoms with Gasteiger partial charge in [0, 0.05) is 11.8 Å². The van der Waals surface area contributed by atoms with Crippen LogP contribution in [-0.4, -0.2) is 4.98 Å². The lowest BCUT2D eigenvalue weighted by Crippen LogP contribution is -2.03. The summed E-state index contributed by atoms with van der Waals surface area (Å²) in [6, 6.07) is 1.26. The van der Waals surface area contributed by atoms with Gasteiger partial charge >= 0.3 is 0 Å². The number of aromatic nitrogens is 1. The summed E-state index contributed by atoms with van der Waals surface area (Å²) in [7, 11) is 0. The van der Waals surface area contributed by atoms with Crippen molar-refractivity contribution in [2.45, 2.75) is 4.59 Å². The molecule has 0 N–H and O–H groups in total. The van der Waals surface area contributed by atoms with Gasteiger partial charge in [-0.2, -0.15) is 0 Å². The molecule has 0 aliphatic carbocycles. The number of pyridine rings is 1. The summed E-state index contributed by atoms with van der Waals surface area (Å²) in [4.78, 5) is 3.60. The molecule has 0 fully saturated rings. The summed E-state index contributed by atoms with van der Waals surface area (Å²) in [6.07, 6.45) is 1.27. The lowest BCUT2D eigenvalue weighted by atomic mass is 10.3. The van der Waals surface area contributed by atoms with Gasteiger partial charge in [-0.1, -0.05) is 46.4 Å². The SMILES string of the molecule is FC(Cl)(Cl)c1ccnc(Cl)c1Cl. The van der Waals surface area contributed by atoms with E-state index in [9.17, 15) is 4.39 Å². The molecule has 0 radical (unpaired) electrons. The van der Waals surface area contributed by atoms with E-state index in [4.69, 9.17) is 46.4 Å². The van der Waals surface area contributed by atoms with Crippen LogP contribution >= 0.6 is 46.4 Å². The van der Waals surface area contributed by atoms with Crippen LogP contribution in [0.15, 0.2) is 12.3 Å². The Bertz CT molecular complexity index is 296. The molecule has 6 heteroatoms. The second-order valence-corrected chi connectivity index (χ2v) is 3.93. The molecule has 0 amide bonds. The molecule has 0 bridgehead atoms. The van der Waals surface area contributed by atoms with E-state index < -0.39 is 4.59 Å². The molecule has 1 rings (SSSR count). The van der Waals surface area contributed by atoms with Crippen molar-refractivity contribution in [3.05, 3.63) is 28.0 Å². The highest BCUT2D eigenvalue weighted by atomic mass is 35.5. The molecule has 0 atom stereocenters. The van der Waals surface area contributed by atoms with Gasteiger partial charge in [-0.05, 0) is 6.07 Å². The lowest BCUT2D eigenvalue weighted by Gasteiger charge is -2.10. The normalized spacial score (nSPS) is 11.8. The molecule has 1 aromatic heterocycles. The van der Waals surface area contributed by atoms with Gasteiger partial charge in [0.2, 0.25) is 0 Å². The standard InChI is InChI=1S/C6H2Cl4FN/c7-4-3(6(9,10)11)1-2-12-5(4)8/h1-2H. The van der Waals surface area contributed by atoms with Gasteiger partial charge in [-0.3, -0.25) is 0 Å². The summed E-state index contributed by atoms with van der Waals surface area (Å²) in [5.41, 5.74) is -0.104. The van der Waals surface area contributed by atoms with Crippen LogP contribution in [0.2, 0.25) is 10.2 Å². The molecule has 0 aliphatic heterocycles. The molecule has 66 valence electrons. The Hall–Kier alpha value is 0.240. The van der Waals surface area contributed by atoms with Crippen LogP contribution in [0, 0.1) is 0 Å². The largest absolute Gasteiger partial charge is 0.284 e. The molecule has 1 aromatic rings. The van der Waals surface area contributed by atoms with E-state index in [2.05, 4.69) is 4.98 Å². The predicted octanol–water partition coefficient (Wildman–Crippen LogP) is 3.95. The molecule has 0 spiro atoms. The van der Waals surface area contributed by atoms with Crippen LogP contribution in [0.1, 0.15) is 5.56 Å². The zero-order valence-corrected chi connectivity index (χ0v) is 8.52. The third-order valence-electron chi connectivity index (χ3n) is 1.15. The van der Waals surface area contributed by atoms with Gasteiger partial charge in [0.25, 0.3) is 4.59 Å². The summed E-state index contributed by atoms with van der Waals surface area (Å²) in [5.74, 6) is 0. The summed E-state index contributed by atoms with van der Waals surface area (Å²) >= 11 is 21.4. The predicted molar refractivity (Wildman–Crippen MR) is 48.7 cm³/mol. The molecule has 0 saturated heterocycles. The molecule has 0 aromatic carbocycles. The number of alkyl halides is 3. The summed E-state index contributed by atoms with van der Waals surface area (Å²) < 4.78 is 10.4. The van der Waals surface area contributed by atoms with E-state index in [-0.39, 0.29) is 15.7 Å². The van der Waals surface area contributed by atoms with Crippen molar-refractivity contribution in [3.8, 4) is 0 Å². The Morgan fingerprint density at radius 1 is 1.33 bits per heavy atom. The third-order valence-corrected chi connectivity index (χ3v) is 2.33. The van der Waals surface area contributed by atoms with Crippen molar-refractivity contribution in [3.63, 3.8) is 0 Å². The van der Waals surface area contributed by atoms with Crippen LogP contribution in [0.4, 0.5) is 4.39 Å². The second kappa shape index (κ2) is 3.54. The van der Waals surface area contributed by atoms with Crippen LogP contribution in [0.3, 0.4) is 0 Å². The second-order valence-electron chi connectivity index (χ2n) is 1.96. The maximum Gasteiger partial charge on any atom is 0.284 e. The summed E-state index contributed by atoms with van der Waals surface area (Å²) in [5, 5.41) is -0.107. The fraction of sp³-hybridized carbons (Fsp3) is 0.167. The van der Waals surface area contributed by atoms with E-state index in [1.807, 2.05) is 0 Å². The van der Waals surface area contributed by atoms with Crippen LogP contribution < -0.4 is 0 Å². The van der Waals surface area contributed by atoms with E-state index in [1.54, 1.807) is 0 Å². The highest BCUT2D eigenvalue weighted by Crippen LogP contribution is 2.40. The fourth-order valence-corrected chi connectivity index (χ4v) is 1.45. The number of hydrogen-bond acceptors (Lipinski definition) is 1. The van der Waals surface area contributed by atoms with Crippen LogP contribution in [0.25, 0.3) is 0 Å². The monoisotopic (exact) mass is 247 g/mol. The van der Waals surface area contributed by atoms with Crippen molar-refractivity contribution in [1.82, 2.24) is 4.98 Å². The highest BCUT2D eigenvalue weighted by molar-refractivity contribution is 6.49. The topological polar surface area (TPSA) is 12.9 Å². The lowest BCUT2D eigenvalue weighted by molar-refractivity contribution is 0.405. The minimum atomic E-state index is -2.54. The minimum absolute atomic E-state index is 0.0301. The Labute approximate surface area is 88.4 Å². The zero-order valence-electron chi connectivity index (χ0n) is 5.49. The first kappa shape index (κ1) is 10.3. The maximum absolute atomic E-state index is 12.9. The highest BCUT2D eigenvalue weighted by Gasteiger charge is 2.29. The summed E-state index contributed by atoms with van der Waals surface area (Å²) in [6.45, 7) is 0. The molecule has 1 nitrogen and oxygen atoms in total. The molecule has 12 heavy (non-hydrogen) atoms. The Morgan fingerprint density at radius 3 is 2.33 bits per heavy atom. The average Bonchev–Trinajstić information content (AvgIpc) is 1.92. The molecule has 0 aliphatic rings. The molecule has 0 unspecified atom stereocenters. The van der Waals surface area contributed by atoms with Gasteiger partial charge < -0.3 is 0 Å². The fourth-order valence-electron chi connectivity index (χ4n) is 0.637. The molecule has 0 saturated carbocycles.